The molecule has 0 fully saturated rings. The van der Waals surface area contributed by atoms with Gasteiger partial charge in [-0.15, -0.1) is 0 Å². The number of quaternary nitrogens is 1. The van der Waals surface area contributed by atoms with E-state index in [1.54, 1.807) is 6.92 Å². The lowest BCUT2D eigenvalue weighted by molar-refractivity contribution is -0.904. The van der Waals surface area contributed by atoms with E-state index in [9.17, 15) is 9.59 Å². The summed E-state index contributed by atoms with van der Waals surface area (Å²) in [5, 5.41) is 3.77. The minimum absolute atomic E-state index is 0.000421. The molecule has 0 saturated carbocycles. The zero-order valence-electron chi connectivity index (χ0n) is 16.0. The molecule has 0 aliphatic heterocycles. The van der Waals surface area contributed by atoms with Crippen molar-refractivity contribution in [2.24, 2.45) is 0 Å². The highest BCUT2D eigenvalue weighted by Crippen LogP contribution is 2.23. The van der Waals surface area contributed by atoms with Gasteiger partial charge in [-0.2, -0.15) is 0 Å². The molecule has 0 aliphatic rings. The molecule has 0 aliphatic carbocycles. The van der Waals surface area contributed by atoms with Crippen LogP contribution < -0.4 is 10.2 Å². The number of fused-ring (bicyclic) bond motifs is 1. The van der Waals surface area contributed by atoms with Crippen molar-refractivity contribution in [2.45, 2.75) is 34.2 Å². The first-order valence-corrected chi connectivity index (χ1v) is 9.17. The average molecular weight is 358 g/mol. The summed E-state index contributed by atoms with van der Waals surface area (Å²) in [6.45, 7) is 10.2. The topological polar surface area (TPSA) is 72.7 Å². The van der Waals surface area contributed by atoms with E-state index in [0.717, 1.165) is 27.9 Å². The van der Waals surface area contributed by atoms with Crippen molar-refractivity contribution in [3.63, 3.8) is 0 Å². The molecule has 1 unspecified atom stereocenters. The number of amides is 1. The third kappa shape index (κ3) is 4.58. The number of rotatable bonds is 8. The Balaban J connectivity index is 2.44. The monoisotopic (exact) mass is 358 g/mol. The van der Waals surface area contributed by atoms with E-state index in [1.165, 1.54) is 0 Å². The van der Waals surface area contributed by atoms with Crippen LogP contribution in [0.15, 0.2) is 24.3 Å². The van der Waals surface area contributed by atoms with Crippen LogP contribution in [0.4, 0.5) is 0 Å². The molecule has 1 heterocycles. The Morgan fingerprint density at radius 3 is 2.58 bits per heavy atom. The predicted octanol–water partition coefficient (Wildman–Crippen LogP) is 1.26. The van der Waals surface area contributed by atoms with Gasteiger partial charge >= 0.3 is 5.97 Å². The van der Waals surface area contributed by atoms with Crippen LogP contribution in [0.2, 0.25) is 0 Å². The van der Waals surface area contributed by atoms with E-state index in [2.05, 4.69) is 5.32 Å². The Bertz CT molecular complexity index is 789. The molecule has 6 heteroatoms. The van der Waals surface area contributed by atoms with Crippen molar-refractivity contribution in [2.75, 3.05) is 26.2 Å². The largest absolute Gasteiger partial charge is 0.462 e. The highest BCUT2D eigenvalue weighted by molar-refractivity contribution is 5.98. The second-order valence-corrected chi connectivity index (χ2v) is 6.21. The van der Waals surface area contributed by atoms with Crippen molar-refractivity contribution in [3.8, 4) is 0 Å². The highest BCUT2D eigenvalue weighted by Gasteiger charge is 2.23. The van der Waals surface area contributed by atoms with Crippen molar-refractivity contribution in [3.05, 3.63) is 41.1 Å². The van der Waals surface area contributed by atoms with Crippen LogP contribution in [0, 0.1) is 6.92 Å². The number of hydrogen-bond donors (Lipinski definition) is 2. The van der Waals surface area contributed by atoms with E-state index >= 15 is 0 Å². The quantitative estimate of drug-likeness (QED) is 0.697. The lowest BCUT2D eigenvalue weighted by atomic mass is 10.0. The maximum Gasteiger partial charge on any atom is 0.340 e. The van der Waals surface area contributed by atoms with Gasteiger partial charge in [0.15, 0.2) is 6.54 Å². The molecular formula is C20H28N3O3+. The summed E-state index contributed by atoms with van der Waals surface area (Å²) in [4.78, 5) is 30.3. The Labute approximate surface area is 154 Å². The van der Waals surface area contributed by atoms with Crippen LogP contribution in [0.1, 0.15) is 42.4 Å². The summed E-state index contributed by atoms with van der Waals surface area (Å²) in [6, 6.07) is 7.77. The van der Waals surface area contributed by atoms with E-state index < -0.39 is 0 Å². The SMILES string of the molecule is CCNC(=O)C[NH+](CC)Cc1nc2ccccc2c(C)c1C(=O)OCC. The second kappa shape index (κ2) is 9.29. The molecule has 140 valence electrons. The maximum atomic E-state index is 12.6. The molecule has 6 nitrogen and oxygen atoms in total. The Morgan fingerprint density at radius 1 is 1.19 bits per heavy atom. The molecule has 2 N–H and O–H groups in total. The smallest absolute Gasteiger partial charge is 0.340 e. The fourth-order valence-corrected chi connectivity index (χ4v) is 3.08. The number of hydrogen-bond acceptors (Lipinski definition) is 4. The lowest BCUT2D eigenvalue weighted by Crippen LogP contribution is -3.11. The van der Waals surface area contributed by atoms with Gasteiger partial charge in [-0.1, -0.05) is 18.2 Å². The lowest BCUT2D eigenvalue weighted by Gasteiger charge is -2.19. The number of benzene rings is 1. The van der Waals surface area contributed by atoms with Gasteiger partial charge in [0.1, 0.15) is 12.2 Å². The molecule has 0 spiro atoms. The summed E-state index contributed by atoms with van der Waals surface area (Å²) in [6.07, 6.45) is 0. The normalized spacial score (nSPS) is 12.0. The van der Waals surface area contributed by atoms with Crippen LogP contribution >= 0.6 is 0 Å². The van der Waals surface area contributed by atoms with Crippen molar-refractivity contribution < 1.29 is 19.2 Å². The molecule has 26 heavy (non-hydrogen) atoms. The standard InChI is InChI=1S/C20H27N3O3/c1-5-21-18(24)13-23(6-2)12-17-19(20(25)26-7-3)14(4)15-10-8-9-11-16(15)22-17/h8-11H,5-7,12-13H2,1-4H3,(H,21,24)/p+1. The molecule has 1 atom stereocenters. The van der Waals surface area contributed by atoms with Crippen LogP contribution in [-0.2, 0) is 16.1 Å². The summed E-state index contributed by atoms with van der Waals surface area (Å²) in [5.41, 5.74) is 2.92. The third-order valence-electron chi connectivity index (χ3n) is 4.41. The van der Waals surface area contributed by atoms with Crippen molar-refractivity contribution in [1.29, 1.82) is 0 Å². The first-order valence-electron chi connectivity index (χ1n) is 9.17. The number of carbonyl (C=O) groups is 2. The fourth-order valence-electron chi connectivity index (χ4n) is 3.08. The van der Waals surface area contributed by atoms with Gasteiger partial charge in [0.05, 0.1) is 24.2 Å². The molecule has 2 rings (SSSR count). The minimum Gasteiger partial charge on any atom is -0.462 e. The van der Waals surface area contributed by atoms with Gasteiger partial charge in [0, 0.05) is 11.9 Å². The Hall–Kier alpha value is -2.47. The van der Waals surface area contributed by atoms with Crippen LogP contribution in [0.25, 0.3) is 10.9 Å². The molecule has 0 saturated heterocycles. The van der Waals surface area contributed by atoms with Gasteiger partial charge in [0.25, 0.3) is 5.91 Å². The van der Waals surface area contributed by atoms with Gasteiger partial charge in [0.2, 0.25) is 0 Å². The van der Waals surface area contributed by atoms with Crippen LogP contribution in [0.3, 0.4) is 0 Å². The zero-order chi connectivity index (χ0) is 19.1. The van der Waals surface area contributed by atoms with E-state index in [1.807, 2.05) is 45.0 Å². The molecule has 2 aromatic rings. The molecule has 1 aromatic carbocycles. The molecule has 0 radical (unpaired) electrons. The van der Waals surface area contributed by atoms with Crippen LogP contribution in [-0.4, -0.2) is 43.1 Å². The van der Waals surface area contributed by atoms with Gasteiger partial charge in [-0.3, -0.25) is 4.79 Å². The first kappa shape index (κ1) is 19.8. The predicted molar refractivity (Wildman–Crippen MR) is 101 cm³/mol. The second-order valence-electron chi connectivity index (χ2n) is 6.21. The maximum absolute atomic E-state index is 12.6. The number of aryl methyl sites for hydroxylation is 1. The number of ether oxygens (including phenoxy) is 1. The molecule has 1 amide bonds. The van der Waals surface area contributed by atoms with Gasteiger partial charge < -0.3 is 15.0 Å². The number of esters is 1. The number of carbonyl (C=O) groups excluding carboxylic acids is 2. The minimum atomic E-state index is -0.355. The van der Waals surface area contributed by atoms with Crippen LogP contribution in [0.5, 0.6) is 0 Å². The summed E-state index contributed by atoms with van der Waals surface area (Å²) in [5.74, 6) is -0.355. The highest BCUT2D eigenvalue weighted by atomic mass is 16.5. The number of nitrogens with one attached hydrogen (secondary N) is 2. The fraction of sp³-hybridized carbons (Fsp3) is 0.450. The Kier molecular flexibility index (Phi) is 7.09. The number of pyridine rings is 1. The van der Waals surface area contributed by atoms with E-state index in [0.29, 0.717) is 37.5 Å². The zero-order valence-corrected chi connectivity index (χ0v) is 16.0. The summed E-state index contributed by atoms with van der Waals surface area (Å²) >= 11 is 0. The summed E-state index contributed by atoms with van der Waals surface area (Å²) < 4.78 is 5.27. The van der Waals surface area contributed by atoms with E-state index in [4.69, 9.17) is 9.72 Å². The summed E-state index contributed by atoms with van der Waals surface area (Å²) in [7, 11) is 0. The molecule has 0 bridgehead atoms. The molecular weight excluding hydrogens is 330 g/mol. The van der Waals surface area contributed by atoms with Crippen molar-refractivity contribution in [1.82, 2.24) is 10.3 Å². The number of likely N-dealkylation sites (N-methyl/N-ethyl adjacent to an activating group) is 2. The Morgan fingerprint density at radius 2 is 1.92 bits per heavy atom. The molecule has 1 aromatic heterocycles. The average Bonchev–Trinajstić information content (AvgIpc) is 2.61. The third-order valence-corrected chi connectivity index (χ3v) is 4.41. The number of para-hydroxylation sites is 1. The number of nitrogens with zero attached hydrogens (tertiary/aromatic N) is 1. The number of aromatic nitrogens is 1. The van der Waals surface area contributed by atoms with Gasteiger partial charge in [-0.05, 0) is 39.3 Å². The van der Waals surface area contributed by atoms with Gasteiger partial charge in [-0.25, -0.2) is 9.78 Å². The van der Waals surface area contributed by atoms with Crippen molar-refractivity contribution >= 4 is 22.8 Å². The first-order chi connectivity index (χ1) is 12.5. The van der Waals surface area contributed by atoms with E-state index in [-0.39, 0.29) is 11.9 Å².